The lowest BCUT2D eigenvalue weighted by Crippen LogP contribution is -2.74. The summed E-state index contributed by atoms with van der Waals surface area (Å²) in [6, 6.07) is 1.50. The first-order chi connectivity index (χ1) is 19.0. The van der Waals surface area contributed by atoms with Crippen LogP contribution in [0.5, 0.6) is 5.75 Å². The van der Waals surface area contributed by atoms with Crippen LogP contribution in [0, 0.1) is 37.5 Å². The number of carbonyl (C=O) groups excluding carboxylic acids is 5. The molecular weight excluding hydrogens is 560 g/mol. The van der Waals surface area contributed by atoms with E-state index in [1.54, 1.807) is 0 Å². The maximum atomic E-state index is 13.9. The molecule has 14 nitrogen and oxygen atoms in total. The third kappa shape index (κ3) is 3.94. The molecule has 2 unspecified atom stereocenters. The highest BCUT2D eigenvalue weighted by atomic mass is 32.2. The van der Waals surface area contributed by atoms with E-state index in [-0.39, 0.29) is 40.4 Å². The minimum atomic E-state index is -4.31. The molecule has 0 aliphatic heterocycles. The van der Waals surface area contributed by atoms with Gasteiger partial charge in [0.05, 0.1) is 23.2 Å². The summed E-state index contributed by atoms with van der Waals surface area (Å²) in [5, 5.41) is 26.3. The number of benzene rings is 1. The van der Waals surface area contributed by atoms with Crippen LogP contribution in [0.4, 0.5) is 5.69 Å². The van der Waals surface area contributed by atoms with Gasteiger partial charge in [0.25, 0.3) is 10.0 Å². The number of phenolic OH excluding ortho intramolecular Hbond substituents is 1. The van der Waals surface area contributed by atoms with Gasteiger partial charge in [0.15, 0.2) is 51.1 Å². The van der Waals surface area contributed by atoms with E-state index in [0.29, 0.717) is 5.56 Å². The zero-order chi connectivity index (χ0) is 30.3. The van der Waals surface area contributed by atoms with E-state index in [9.17, 15) is 42.6 Å². The quantitative estimate of drug-likeness (QED) is 0.250. The molecule has 41 heavy (non-hydrogen) atoms. The largest absolute Gasteiger partial charge is 0.505 e. The second-order valence-corrected chi connectivity index (χ2v) is 12.7. The molecule has 3 aliphatic carbocycles. The number of aromatic nitrogens is 1. The molecule has 3 aliphatic rings. The van der Waals surface area contributed by atoms with Crippen LogP contribution in [0.1, 0.15) is 33.8 Å². The molecule has 1 aromatic heterocycles. The van der Waals surface area contributed by atoms with E-state index >= 15 is 0 Å². The third-order valence-corrected chi connectivity index (χ3v) is 10.0. The second kappa shape index (κ2) is 9.29. The molecule has 15 heteroatoms. The fraction of sp³-hybridized carbons (Fsp3) is 0.462. The second-order valence-electron chi connectivity index (χ2n) is 11.0. The number of ketones is 4. The number of nitrogens with one attached hydrogen (secondary N) is 1. The molecule has 5 N–H and O–H groups in total. The Morgan fingerprint density at radius 1 is 1.17 bits per heavy atom. The smallest absolute Gasteiger partial charge is 0.267 e. The summed E-state index contributed by atoms with van der Waals surface area (Å²) < 4.78 is 33.2. The van der Waals surface area contributed by atoms with Crippen molar-refractivity contribution in [2.45, 2.75) is 43.2 Å². The van der Waals surface area contributed by atoms with Crippen molar-refractivity contribution in [1.29, 1.82) is 0 Å². The van der Waals surface area contributed by atoms with Gasteiger partial charge in [-0.05, 0) is 58.3 Å². The number of anilines is 1. The Balaban J connectivity index is 1.57. The monoisotopic (exact) mass is 588 g/mol. The molecule has 2 saturated carbocycles. The van der Waals surface area contributed by atoms with Crippen LogP contribution in [0.3, 0.4) is 0 Å². The maximum Gasteiger partial charge on any atom is 0.267 e. The maximum absolute atomic E-state index is 13.9. The van der Waals surface area contributed by atoms with E-state index in [0.717, 1.165) is 0 Å². The first-order valence-corrected chi connectivity index (χ1v) is 14.2. The standard InChI is InChI=1S/C26H28N4O10S/c1-9-22(10(2)40-28-9)41(38,39)29-14-6-5-11-7-12-8-13-18(30(3)4)21(33)17(25(27)36)24(35)26(13,37)23(34)16(12)20(32)15(11)19(14)31/h5-6,12-13,16-18,29,31,37H,7-8H2,1-4H3,(H2,27,36)/t12-,13-,16?,17?,18-,26-/m1/s1. The zero-order valence-electron chi connectivity index (χ0n) is 22.5. The van der Waals surface area contributed by atoms with Crippen LogP contribution in [0.25, 0.3) is 0 Å². The number of aromatic hydroxyl groups is 1. The lowest BCUT2D eigenvalue weighted by molar-refractivity contribution is -0.181. The number of rotatable bonds is 5. The van der Waals surface area contributed by atoms with Gasteiger partial charge in [0.1, 0.15) is 5.69 Å². The Morgan fingerprint density at radius 3 is 2.39 bits per heavy atom. The number of nitrogens with two attached hydrogens (primary N) is 1. The van der Waals surface area contributed by atoms with Crippen molar-refractivity contribution in [2.24, 2.45) is 29.4 Å². The number of primary amides is 1. The Labute approximate surface area is 233 Å². The number of likely N-dealkylation sites (N-methyl/N-ethyl adjacent to an activating group) is 1. The molecule has 1 heterocycles. The highest BCUT2D eigenvalue weighted by molar-refractivity contribution is 7.92. The predicted molar refractivity (Wildman–Crippen MR) is 138 cm³/mol. The number of nitrogens with zero attached hydrogens (tertiary/aromatic N) is 2. The summed E-state index contributed by atoms with van der Waals surface area (Å²) in [7, 11) is -1.31. The van der Waals surface area contributed by atoms with Gasteiger partial charge >= 0.3 is 0 Å². The Kier molecular flexibility index (Phi) is 6.47. The first-order valence-electron chi connectivity index (χ1n) is 12.7. The number of carbonyl (C=O) groups is 5. The van der Waals surface area contributed by atoms with Crippen LogP contribution < -0.4 is 10.5 Å². The number of amides is 1. The fourth-order valence-electron chi connectivity index (χ4n) is 6.72. The lowest BCUT2D eigenvalue weighted by atomic mass is 9.52. The van der Waals surface area contributed by atoms with Crippen molar-refractivity contribution in [3.05, 3.63) is 34.7 Å². The molecule has 5 rings (SSSR count). The summed E-state index contributed by atoms with van der Waals surface area (Å²) in [5.74, 6) is -12.0. The number of phenols is 1. The van der Waals surface area contributed by atoms with Crippen molar-refractivity contribution < 1.29 is 47.1 Å². The molecule has 0 saturated heterocycles. The topological polar surface area (TPSA) is 227 Å². The van der Waals surface area contributed by atoms with Crippen molar-refractivity contribution in [3.8, 4) is 5.75 Å². The lowest BCUT2D eigenvalue weighted by Gasteiger charge is -2.52. The highest BCUT2D eigenvalue weighted by Crippen LogP contribution is 2.51. The number of hydrogen-bond acceptors (Lipinski definition) is 12. The van der Waals surface area contributed by atoms with Gasteiger partial charge in [0.2, 0.25) is 5.91 Å². The number of hydrogen-bond donors (Lipinski definition) is 4. The summed E-state index contributed by atoms with van der Waals surface area (Å²) in [4.78, 5) is 67.3. The number of Topliss-reactive ketones (excluding diaryl/α,β-unsaturated/α-hetero) is 4. The average molecular weight is 589 g/mol. The van der Waals surface area contributed by atoms with Gasteiger partial charge in [-0.15, -0.1) is 0 Å². The number of aryl methyl sites for hydroxylation is 2. The van der Waals surface area contributed by atoms with Crippen LogP contribution in [-0.2, 0) is 35.6 Å². The third-order valence-electron chi connectivity index (χ3n) is 8.41. The van der Waals surface area contributed by atoms with Crippen molar-refractivity contribution in [1.82, 2.24) is 10.1 Å². The molecule has 6 atom stereocenters. The van der Waals surface area contributed by atoms with Crippen molar-refractivity contribution >= 4 is 44.8 Å². The van der Waals surface area contributed by atoms with Gasteiger partial charge < -0.3 is 20.5 Å². The Hall–Kier alpha value is -3.95. The number of sulfonamides is 1. The van der Waals surface area contributed by atoms with Gasteiger partial charge in [-0.25, -0.2) is 8.42 Å². The SMILES string of the molecule is Cc1noc(C)c1S(=O)(=O)Nc1ccc2c(c1O)C(=O)C1C(=O)[C@@]3(O)C(=O)C(C(N)=O)C(=O)[C@H](N(C)C)[C@H]3C[C@H]1C2. The van der Waals surface area contributed by atoms with Gasteiger partial charge in [-0.2, -0.15) is 0 Å². The zero-order valence-corrected chi connectivity index (χ0v) is 23.3. The number of aliphatic hydroxyl groups is 1. The van der Waals surface area contributed by atoms with Crippen LogP contribution in [0.15, 0.2) is 21.6 Å². The minimum Gasteiger partial charge on any atom is -0.505 e. The molecule has 218 valence electrons. The van der Waals surface area contributed by atoms with Gasteiger partial charge in [-0.1, -0.05) is 11.2 Å². The molecule has 0 bridgehead atoms. The Morgan fingerprint density at radius 2 is 1.83 bits per heavy atom. The van der Waals surface area contributed by atoms with Crippen molar-refractivity contribution in [3.63, 3.8) is 0 Å². The van der Waals surface area contributed by atoms with Crippen LogP contribution in [-0.4, -0.2) is 83.5 Å². The van der Waals surface area contributed by atoms with Crippen molar-refractivity contribution in [2.75, 3.05) is 18.8 Å². The number of fused-ring (bicyclic) bond motifs is 3. The molecule has 1 amide bonds. The molecule has 1 aromatic carbocycles. The van der Waals surface area contributed by atoms with E-state index in [1.807, 2.05) is 0 Å². The summed E-state index contributed by atoms with van der Waals surface area (Å²) >= 11 is 0. The molecule has 2 aromatic rings. The van der Waals surface area contributed by atoms with Crippen LogP contribution in [0.2, 0.25) is 0 Å². The molecule has 0 radical (unpaired) electrons. The first kappa shape index (κ1) is 28.6. The fourth-order valence-corrected chi connectivity index (χ4v) is 8.12. The summed E-state index contributed by atoms with van der Waals surface area (Å²) in [6.07, 6.45) is -0.0403. The molecular formula is C26H28N4O10S. The molecule has 2 fully saturated rings. The molecule has 0 spiro atoms. The van der Waals surface area contributed by atoms with E-state index in [2.05, 4.69) is 9.88 Å². The normalized spacial score (nSPS) is 29.7. The highest BCUT2D eigenvalue weighted by Gasteiger charge is 2.69. The van der Waals surface area contributed by atoms with E-state index < -0.39 is 80.1 Å². The predicted octanol–water partition coefficient (Wildman–Crippen LogP) is -0.727. The van der Waals surface area contributed by atoms with E-state index in [1.165, 1.54) is 45.0 Å². The van der Waals surface area contributed by atoms with E-state index in [4.69, 9.17) is 10.3 Å². The van der Waals surface area contributed by atoms with Gasteiger partial charge in [-0.3, -0.25) is 33.6 Å². The van der Waals surface area contributed by atoms with Gasteiger partial charge in [0, 0.05) is 5.92 Å². The Bertz CT molecular complexity index is 1640. The minimum absolute atomic E-state index is 0.00268. The van der Waals surface area contributed by atoms with Crippen LogP contribution >= 0.6 is 0 Å². The summed E-state index contributed by atoms with van der Waals surface area (Å²) in [5.41, 5.74) is 2.16. The summed E-state index contributed by atoms with van der Waals surface area (Å²) in [6.45, 7) is 2.80. The average Bonchev–Trinajstić information content (AvgIpc) is 3.21.